The molecular weight excluding hydrogens is 212 g/mol. The van der Waals surface area contributed by atoms with E-state index in [0.717, 1.165) is 32.5 Å². The van der Waals surface area contributed by atoms with E-state index in [1.54, 1.807) is 0 Å². The van der Waals surface area contributed by atoms with E-state index in [4.69, 9.17) is 0 Å². The Morgan fingerprint density at radius 1 is 1.41 bits per heavy atom. The maximum Gasteiger partial charge on any atom is 0.223 e. The molecule has 2 rings (SSSR count). The molecule has 1 amide bonds. The molecule has 0 aromatic carbocycles. The summed E-state index contributed by atoms with van der Waals surface area (Å²) in [7, 11) is 0. The third-order valence-electron chi connectivity index (χ3n) is 3.80. The minimum Gasteiger partial charge on any atom is -0.336 e. The second-order valence-electron chi connectivity index (χ2n) is 5.32. The Morgan fingerprint density at radius 3 is 2.82 bits per heavy atom. The Kier molecular flexibility index (Phi) is 4.60. The SMILES string of the molecule is C=CCN(C(=O)CCC1CCCNC1)C1CC1. The summed E-state index contributed by atoms with van der Waals surface area (Å²) in [5.41, 5.74) is 0. The van der Waals surface area contributed by atoms with Gasteiger partial charge in [0.1, 0.15) is 0 Å². The number of amides is 1. The molecule has 1 saturated carbocycles. The molecule has 0 radical (unpaired) electrons. The monoisotopic (exact) mass is 236 g/mol. The number of hydrogen-bond donors (Lipinski definition) is 1. The first-order valence-corrected chi connectivity index (χ1v) is 6.92. The van der Waals surface area contributed by atoms with Crippen molar-refractivity contribution in [3.63, 3.8) is 0 Å². The molecule has 0 bridgehead atoms. The summed E-state index contributed by atoms with van der Waals surface area (Å²) in [6, 6.07) is 0.519. The summed E-state index contributed by atoms with van der Waals surface area (Å²) in [6.45, 7) is 6.71. The van der Waals surface area contributed by atoms with Crippen LogP contribution in [0.1, 0.15) is 38.5 Å². The topological polar surface area (TPSA) is 32.3 Å². The highest BCUT2D eigenvalue weighted by atomic mass is 16.2. The minimum atomic E-state index is 0.331. The van der Waals surface area contributed by atoms with E-state index in [2.05, 4.69) is 11.9 Å². The molecule has 1 unspecified atom stereocenters. The summed E-state index contributed by atoms with van der Waals surface area (Å²) in [5.74, 6) is 1.04. The largest absolute Gasteiger partial charge is 0.336 e. The van der Waals surface area contributed by atoms with Crippen molar-refractivity contribution in [3.05, 3.63) is 12.7 Å². The Bertz CT molecular complexity index is 267. The highest BCUT2D eigenvalue weighted by Gasteiger charge is 2.31. The van der Waals surface area contributed by atoms with Gasteiger partial charge in [0.15, 0.2) is 0 Å². The number of carbonyl (C=O) groups is 1. The molecule has 1 N–H and O–H groups in total. The molecule has 1 saturated heterocycles. The lowest BCUT2D eigenvalue weighted by atomic mass is 9.94. The zero-order chi connectivity index (χ0) is 12.1. The molecule has 2 aliphatic rings. The lowest BCUT2D eigenvalue weighted by molar-refractivity contribution is -0.131. The van der Waals surface area contributed by atoms with Crippen molar-refractivity contribution in [1.29, 1.82) is 0 Å². The van der Waals surface area contributed by atoms with Crippen molar-refractivity contribution in [2.75, 3.05) is 19.6 Å². The zero-order valence-electron chi connectivity index (χ0n) is 10.7. The maximum absolute atomic E-state index is 12.1. The van der Waals surface area contributed by atoms with Gasteiger partial charge in [0.05, 0.1) is 0 Å². The van der Waals surface area contributed by atoms with Crippen molar-refractivity contribution >= 4 is 5.91 Å². The molecule has 96 valence electrons. The van der Waals surface area contributed by atoms with Gasteiger partial charge in [0.2, 0.25) is 5.91 Å². The lowest BCUT2D eigenvalue weighted by Gasteiger charge is -2.25. The van der Waals surface area contributed by atoms with Crippen LogP contribution in [0.15, 0.2) is 12.7 Å². The van der Waals surface area contributed by atoms with Gasteiger partial charge in [0, 0.05) is 19.0 Å². The maximum atomic E-state index is 12.1. The highest BCUT2D eigenvalue weighted by Crippen LogP contribution is 2.28. The molecule has 1 aliphatic heterocycles. The van der Waals surface area contributed by atoms with E-state index in [9.17, 15) is 4.79 Å². The number of piperidine rings is 1. The van der Waals surface area contributed by atoms with Crippen LogP contribution in [0.4, 0.5) is 0 Å². The van der Waals surface area contributed by atoms with Crippen molar-refractivity contribution in [1.82, 2.24) is 10.2 Å². The fraction of sp³-hybridized carbons (Fsp3) is 0.786. The van der Waals surface area contributed by atoms with Crippen molar-refractivity contribution in [3.8, 4) is 0 Å². The van der Waals surface area contributed by atoms with E-state index in [1.165, 1.54) is 25.7 Å². The number of rotatable bonds is 6. The van der Waals surface area contributed by atoms with Gasteiger partial charge in [-0.15, -0.1) is 6.58 Å². The molecule has 0 aromatic rings. The highest BCUT2D eigenvalue weighted by molar-refractivity contribution is 5.77. The van der Waals surface area contributed by atoms with Crippen LogP contribution in [0.2, 0.25) is 0 Å². The first-order valence-electron chi connectivity index (χ1n) is 6.92. The summed E-state index contributed by atoms with van der Waals surface area (Å²) in [5, 5.41) is 3.41. The first kappa shape index (κ1) is 12.6. The zero-order valence-corrected chi connectivity index (χ0v) is 10.7. The Balaban J connectivity index is 1.72. The van der Waals surface area contributed by atoms with Crippen LogP contribution in [-0.2, 0) is 4.79 Å². The second-order valence-corrected chi connectivity index (χ2v) is 5.32. The van der Waals surface area contributed by atoms with Crippen LogP contribution in [0, 0.1) is 5.92 Å². The van der Waals surface area contributed by atoms with Gasteiger partial charge in [-0.25, -0.2) is 0 Å². The molecule has 3 heteroatoms. The van der Waals surface area contributed by atoms with Crippen LogP contribution in [-0.4, -0.2) is 36.5 Å². The smallest absolute Gasteiger partial charge is 0.223 e. The van der Waals surface area contributed by atoms with E-state index in [0.29, 0.717) is 17.9 Å². The van der Waals surface area contributed by atoms with Gasteiger partial charge < -0.3 is 10.2 Å². The van der Waals surface area contributed by atoms with Gasteiger partial charge in [-0.05, 0) is 51.1 Å². The average Bonchev–Trinajstić information content (AvgIpc) is 3.18. The van der Waals surface area contributed by atoms with Crippen molar-refractivity contribution < 1.29 is 4.79 Å². The molecule has 2 fully saturated rings. The molecular formula is C14H24N2O. The van der Waals surface area contributed by atoms with Crippen molar-refractivity contribution in [2.45, 2.75) is 44.6 Å². The molecule has 0 aromatic heterocycles. The van der Waals surface area contributed by atoms with E-state index in [1.807, 2.05) is 11.0 Å². The van der Waals surface area contributed by atoms with Gasteiger partial charge >= 0.3 is 0 Å². The third-order valence-corrected chi connectivity index (χ3v) is 3.80. The number of hydrogen-bond acceptors (Lipinski definition) is 2. The first-order chi connectivity index (χ1) is 8.31. The second kappa shape index (κ2) is 6.20. The molecule has 1 aliphatic carbocycles. The van der Waals surface area contributed by atoms with Crippen LogP contribution in [0.25, 0.3) is 0 Å². The quantitative estimate of drug-likeness (QED) is 0.715. The van der Waals surface area contributed by atoms with Gasteiger partial charge in [-0.2, -0.15) is 0 Å². The summed E-state index contributed by atoms with van der Waals surface area (Å²) in [4.78, 5) is 14.1. The Morgan fingerprint density at radius 2 is 2.24 bits per heavy atom. The van der Waals surface area contributed by atoms with Crippen LogP contribution < -0.4 is 5.32 Å². The lowest BCUT2D eigenvalue weighted by Crippen LogP contribution is -2.35. The van der Waals surface area contributed by atoms with Crippen LogP contribution in [0.5, 0.6) is 0 Å². The van der Waals surface area contributed by atoms with Gasteiger partial charge in [-0.1, -0.05) is 6.08 Å². The van der Waals surface area contributed by atoms with E-state index >= 15 is 0 Å². The van der Waals surface area contributed by atoms with E-state index in [-0.39, 0.29) is 0 Å². The van der Waals surface area contributed by atoms with Crippen LogP contribution >= 0.6 is 0 Å². The minimum absolute atomic E-state index is 0.331. The Labute approximate surface area is 104 Å². The predicted octanol–water partition coefficient (Wildman–Crippen LogP) is 1.94. The molecule has 1 atom stereocenters. The Hall–Kier alpha value is -0.830. The van der Waals surface area contributed by atoms with E-state index < -0.39 is 0 Å². The van der Waals surface area contributed by atoms with Gasteiger partial charge in [-0.3, -0.25) is 4.79 Å². The number of nitrogens with zero attached hydrogens (tertiary/aromatic N) is 1. The number of carbonyl (C=O) groups excluding carboxylic acids is 1. The normalized spacial score (nSPS) is 24.4. The van der Waals surface area contributed by atoms with Crippen LogP contribution in [0.3, 0.4) is 0 Å². The number of nitrogens with one attached hydrogen (secondary N) is 1. The standard InChI is InChI=1S/C14H24N2O/c1-2-10-16(13-6-7-13)14(17)8-5-12-4-3-9-15-11-12/h2,12-13,15H,1,3-11H2. The average molecular weight is 236 g/mol. The fourth-order valence-electron chi connectivity index (χ4n) is 2.62. The third kappa shape index (κ3) is 3.84. The molecule has 17 heavy (non-hydrogen) atoms. The van der Waals surface area contributed by atoms with Crippen molar-refractivity contribution in [2.24, 2.45) is 5.92 Å². The molecule has 1 heterocycles. The van der Waals surface area contributed by atoms with Gasteiger partial charge in [0.25, 0.3) is 0 Å². The summed E-state index contributed by atoms with van der Waals surface area (Å²) < 4.78 is 0. The summed E-state index contributed by atoms with van der Waals surface area (Å²) >= 11 is 0. The molecule has 3 nitrogen and oxygen atoms in total. The molecule has 0 spiro atoms. The summed E-state index contributed by atoms with van der Waals surface area (Å²) in [6.07, 6.45) is 8.53. The predicted molar refractivity (Wildman–Crippen MR) is 69.8 cm³/mol. The fourth-order valence-corrected chi connectivity index (χ4v) is 2.62.